The first-order valence-corrected chi connectivity index (χ1v) is 7.34. The number of nitrogens with two attached hydrogens (primary N) is 1. The lowest BCUT2D eigenvalue weighted by Crippen LogP contribution is -2.23. The van der Waals surface area contributed by atoms with Crippen LogP contribution >= 0.6 is 27.5 Å². The molecular formula is C15H14BrClN2O2. The number of amides is 1. The van der Waals surface area contributed by atoms with Gasteiger partial charge in [-0.15, -0.1) is 0 Å². The lowest BCUT2D eigenvalue weighted by Gasteiger charge is -2.09. The van der Waals surface area contributed by atoms with E-state index in [-0.39, 0.29) is 5.91 Å². The maximum atomic E-state index is 12.1. The molecule has 0 aliphatic carbocycles. The predicted octanol–water partition coefficient (Wildman–Crippen LogP) is 3.62. The second-order valence-electron chi connectivity index (χ2n) is 4.38. The Morgan fingerprint density at radius 1 is 1.33 bits per heavy atom. The highest BCUT2D eigenvalue weighted by molar-refractivity contribution is 9.10. The van der Waals surface area contributed by atoms with Gasteiger partial charge in [0, 0.05) is 11.0 Å². The first-order chi connectivity index (χ1) is 10.0. The van der Waals surface area contributed by atoms with Gasteiger partial charge in [0.15, 0.2) is 0 Å². The summed E-state index contributed by atoms with van der Waals surface area (Å²) < 4.78 is 5.91. The van der Waals surface area contributed by atoms with E-state index in [0.717, 1.165) is 10.0 Å². The van der Waals surface area contributed by atoms with E-state index in [9.17, 15) is 4.79 Å². The summed E-state index contributed by atoms with van der Waals surface area (Å²) in [4.78, 5) is 12.1. The van der Waals surface area contributed by atoms with Crippen molar-refractivity contribution in [3.63, 3.8) is 0 Å². The van der Waals surface area contributed by atoms with E-state index in [1.54, 1.807) is 37.4 Å². The second-order valence-corrected chi connectivity index (χ2v) is 5.71. The quantitative estimate of drug-likeness (QED) is 0.809. The monoisotopic (exact) mass is 368 g/mol. The van der Waals surface area contributed by atoms with Crippen LogP contribution in [0.15, 0.2) is 40.9 Å². The second kappa shape index (κ2) is 6.83. The lowest BCUT2D eigenvalue weighted by molar-refractivity contribution is 0.0951. The smallest absolute Gasteiger partial charge is 0.253 e. The Morgan fingerprint density at radius 3 is 2.71 bits per heavy atom. The van der Waals surface area contributed by atoms with Gasteiger partial charge in [-0.25, -0.2) is 0 Å². The summed E-state index contributed by atoms with van der Waals surface area (Å²) in [5, 5.41) is 3.20. The Morgan fingerprint density at radius 2 is 2.10 bits per heavy atom. The highest BCUT2D eigenvalue weighted by Gasteiger charge is 2.10. The van der Waals surface area contributed by atoms with Gasteiger partial charge in [-0.2, -0.15) is 0 Å². The third-order valence-corrected chi connectivity index (χ3v) is 3.73. The van der Waals surface area contributed by atoms with Crippen LogP contribution in [0.3, 0.4) is 0 Å². The molecular weight excluding hydrogens is 356 g/mol. The van der Waals surface area contributed by atoms with Crippen LogP contribution in [0.2, 0.25) is 5.02 Å². The molecule has 3 N–H and O–H groups in total. The van der Waals surface area contributed by atoms with Crippen LogP contribution in [0, 0.1) is 0 Å². The van der Waals surface area contributed by atoms with Crippen LogP contribution in [0.1, 0.15) is 15.9 Å². The molecule has 2 rings (SSSR count). The number of hydrogen-bond donors (Lipinski definition) is 2. The zero-order valence-corrected chi connectivity index (χ0v) is 13.7. The van der Waals surface area contributed by atoms with Crippen LogP contribution in [-0.4, -0.2) is 13.0 Å². The molecule has 0 aliphatic rings. The van der Waals surface area contributed by atoms with Crippen LogP contribution in [0.4, 0.5) is 5.69 Å². The SMILES string of the molecule is COc1ccc(CNC(=O)c2ccc(Br)cc2Cl)cc1N. The third kappa shape index (κ3) is 3.89. The summed E-state index contributed by atoms with van der Waals surface area (Å²) in [5.74, 6) is 0.378. The lowest BCUT2D eigenvalue weighted by atomic mass is 10.1. The molecule has 1 amide bonds. The molecule has 4 nitrogen and oxygen atoms in total. The van der Waals surface area contributed by atoms with Crippen molar-refractivity contribution in [1.29, 1.82) is 0 Å². The van der Waals surface area contributed by atoms with Gasteiger partial charge in [0.2, 0.25) is 0 Å². The van der Waals surface area contributed by atoms with Gasteiger partial charge in [0.25, 0.3) is 5.91 Å². The van der Waals surface area contributed by atoms with Crippen molar-refractivity contribution in [1.82, 2.24) is 5.32 Å². The Balaban J connectivity index is 2.05. The van der Waals surface area contributed by atoms with E-state index in [4.69, 9.17) is 22.1 Å². The van der Waals surface area contributed by atoms with Gasteiger partial charge in [-0.3, -0.25) is 4.79 Å². The summed E-state index contributed by atoms with van der Waals surface area (Å²) in [6.45, 7) is 0.361. The van der Waals surface area contributed by atoms with E-state index in [1.807, 2.05) is 6.07 Å². The molecule has 0 aliphatic heterocycles. The Kier molecular flexibility index (Phi) is 5.09. The molecule has 21 heavy (non-hydrogen) atoms. The van der Waals surface area contributed by atoms with E-state index in [0.29, 0.717) is 28.6 Å². The van der Waals surface area contributed by atoms with Crippen molar-refractivity contribution >= 4 is 39.1 Å². The van der Waals surface area contributed by atoms with Crippen molar-refractivity contribution in [2.45, 2.75) is 6.54 Å². The average Bonchev–Trinajstić information content (AvgIpc) is 2.45. The summed E-state index contributed by atoms with van der Waals surface area (Å²) in [7, 11) is 1.56. The van der Waals surface area contributed by atoms with Crippen molar-refractivity contribution < 1.29 is 9.53 Å². The molecule has 0 aromatic heterocycles. The first kappa shape index (κ1) is 15.7. The normalized spacial score (nSPS) is 10.2. The van der Waals surface area contributed by atoms with Gasteiger partial charge in [-0.1, -0.05) is 33.6 Å². The third-order valence-electron chi connectivity index (χ3n) is 2.92. The number of halogens is 2. The maximum Gasteiger partial charge on any atom is 0.253 e. The molecule has 2 aromatic carbocycles. The van der Waals surface area contributed by atoms with Gasteiger partial charge in [0.05, 0.1) is 23.4 Å². The molecule has 0 saturated heterocycles. The van der Waals surface area contributed by atoms with E-state index in [2.05, 4.69) is 21.2 Å². The fraction of sp³-hybridized carbons (Fsp3) is 0.133. The molecule has 0 bridgehead atoms. The van der Waals surface area contributed by atoms with Crippen molar-refractivity contribution in [3.05, 3.63) is 57.0 Å². The summed E-state index contributed by atoms with van der Waals surface area (Å²) in [5.41, 5.74) is 7.68. The fourth-order valence-electron chi connectivity index (χ4n) is 1.84. The number of hydrogen-bond acceptors (Lipinski definition) is 3. The number of methoxy groups -OCH3 is 1. The minimum Gasteiger partial charge on any atom is -0.495 e. The molecule has 110 valence electrons. The molecule has 0 radical (unpaired) electrons. The molecule has 0 atom stereocenters. The summed E-state index contributed by atoms with van der Waals surface area (Å²) in [6.07, 6.45) is 0. The molecule has 0 fully saturated rings. The molecule has 6 heteroatoms. The standard InChI is InChI=1S/C15H14BrClN2O2/c1-21-14-5-2-9(6-13(14)18)8-19-15(20)11-4-3-10(16)7-12(11)17/h2-7H,8,18H2,1H3,(H,19,20). The minimum absolute atomic E-state index is 0.234. The van der Waals surface area contributed by atoms with Crippen molar-refractivity contribution in [3.8, 4) is 5.75 Å². The topological polar surface area (TPSA) is 64.3 Å². The predicted molar refractivity (Wildman–Crippen MR) is 87.7 cm³/mol. The van der Waals surface area contributed by atoms with Crippen LogP contribution in [0.5, 0.6) is 5.75 Å². The van der Waals surface area contributed by atoms with Gasteiger partial charge < -0.3 is 15.8 Å². The number of nitrogens with one attached hydrogen (secondary N) is 1. The maximum absolute atomic E-state index is 12.1. The summed E-state index contributed by atoms with van der Waals surface area (Å²) >= 11 is 9.34. The highest BCUT2D eigenvalue weighted by atomic mass is 79.9. The van der Waals surface area contributed by atoms with Gasteiger partial charge in [0.1, 0.15) is 5.75 Å². The van der Waals surface area contributed by atoms with Crippen molar-refractivity contribution in [2.75, 3.05) is 12.8 Å². The number of benzene rings is 2. The number of nitrogen functional groups attached to an aromatic ring is 1. The number of carbonyl (C=O) groups excluding carboxylic acids is 1. The van der Waals surface area contributed by atoms with E-state index < -0.39 is 0 Å². The number of ether oxygens (including phenoxy) is 1. The van der Waals surface area contributed by atoms with Crippen LogP contribution in [0.25, 0.3) is 0 Å². The van der Waals surface area contributed by atoms with E-state index in [1.165, 1.54) is 0 Å². The number of carbonyl (C=O) groups is 1. The molecule has 2 aromatic rings. The average molecular weight is 370 g/mol. The highest BCUT2D eigenvalue weighted by Crippen LogP contribution is 2.23. The Bertz CT molecular complexity index is 677. The zero-order chi connectivity index (χ0) is 15.4. The largest absolute Gasteiger partial charge is 0.495 e. The van der Waals surface area contributed by atoms with Gasteiger partial charge in [-0.05, 0) is 35.9 Å². The van der Waals surface area contributed by atoms with Crippen LogP contribution < -0.4 is 15.8 Å². The first-order valence-electron chi connectivity index (χ1n) is 6.17. The Hall–Kier alpha value is -1.72. The molecule has 0 heterocycles. The summed E-state index contributed by atoms with van der Waals surface area (Å²) in [6, 6.07) is 10.5. The fourth-order valence-corrected chi connectivity index (χ4v) is 2.60. The number of rotatable bonds is 4. The zero-order valence-electron chi connectivity index (χ0n) is 11.3. The Labute approximate surface area is 136 Å². The molecule has 0 spiro atoms. The van der Waals surface area contributed by atoms with Crippen LogP contribution in [-0.2, 0) is 6.54 Å². The van der Waals surface area contributed by atoms with Gasteiger partial charge >= 0.3 is 0 Å². The molecule has 0 saturated carbocycles. The minimum atomic E-state index is -0.234. The van der Waals surface area contributed by atoms with E-state index >= 15 is 0 Å². The molecule has 0 unspecified atom stereocenters. The van der Waals surface area contributed by atoms with Crippen molar-refractivity contribution in [2.24, 2.45) is 0 Å². The number of anilines is 1.